The average Bonchev–Trinajstić information content (AvgIpc) is 3.33. The topological polar surface area (TPSA) is 97.3 Å². The number of ether oxygens (including phenoxy) is 2. The maximum absolute atomic E-state index is 12.6. The van der Waals surface area contributed by atoms with Crippen molar-refractivity contribution in [3.8, 4) is 11.5 Å². The van der Waals surface area contributed by atoms with Crippen molar-refractivity contribution in [1.82, 2.24) is 9.73 Å². The van der Waals surface area contributed by atoms with Crippen LogP contribution in [0.25, 0.3) is 0 Å². The van der Waals surface area contributed by atoms with Gasteiger partial charge in [0.05, 0.1) is 10.6 Å². The fourth-order valence-electron chi connectivity index (χ4n) is 3.37. The van der Waals surface area contributed by atoms with Crippen LogP contribution in [0.3, 0.4) is 0 Å². The van der Waals surface area contributed by atoms with Crippen LogP contribution in [0.5, 0.6) is 11.5 Å². The third-order valence-corrected chi connectivity index (χ3v) is 7.02. The van der Waals surface area contributed by atoms with Crippen LogP contribution in [-0.4, -0.2) is 50.1 Å². The van der Waals surface area contributed by atoms with Crippen molar-refractivity contribution in [3.05, 3.63) is 54.1 Å². The molecule has 1 saturated heterocycles. The number of benzene rings is 2. The molecule has 2 aromatic rings. The third kappa shape index (κ3) is 4.17. The maximum Gasteiger partial charge on any atom is 0.284 e. The molecule has 0 aromatic heterocycles. The minimum Gasteiger partial charge on any atom is -0.485 e. The van der Waals surface area contributed by atoms with Crippen LogP contribution in [0.15, 0.2) is 58.5 Å². The molecule has 2 aromatic carbocycles. The molecule has 1 N–H and O–H groups in total. The Balaban J connectivity index is 1.39. The Kier molecular flexibility index (Phi) is 5.74. The summed E-state index contributed by atoms with van der Waals surface area (Å²) in [4.78, 5) is 12.6. The molecule has 1 atom stereocenters. The van der Waals surface area contributed by atoms with E-state index in [2.05, 4.69) is 10.5 Å². The van der Waals surface area contributed by atoms with Crippen molar-refractivity contribution >= 4 is 21.6 Å². The molecule has 1 amide bonds. The highest BCUT2D eigenvalue weighted by molar-refractivity contribution is 7.89. The number of para-hydroxylation sites is 2. The lowest BCUT2D eigenvalue weighted by Gasteiger charge is -2.24. The van der Waals surface area contributed by atoms with Crippen molar-refractivity contribution in [2.45, 2.75) is 30.8 Å². The van der Waals surface area contributed by atoms with Crippen molar-refractivity contribution in [2.24, 2.45) is 5.10 Å². The summed E-state index contributed by atoms with van der Waals surface area (Å²) in [6, 6.07) is 13.7. The number of fused-ring (bicyclic) bond motifs is 1. The summed E-state index contributed by atoms with van der Waals surface area (Å²) in [6.45, 7) is 2.96. The molecule has 2 heterocycles. The van der Waals surface area contributed by atoms with Crippen molar-refractivity contribution in [1.29, 1.82) is 0 Å². The van der Waals surface area contributed by atoms with Crippen LogP contribution in [0.1, 0.15) is 25.3 Å². The molecule has 1 unspecified atom stereocenters. The second kappa shape index (κ2) is 8.45. The minimum absolute atomic E-state index is 0.0977. The number of carbonyl (C=O) groups is 1. The number of hydrogen-bond acceptors (Lipinski definition) is 6. The smallest absolute Gasteiger partial charge is 0.284 e. The lowest BCUT2D eigenvalue weighted by molar-refractivity contribution is -0.130. The Morgan fingerprint density at radius 3 is 2.43 bits per heavy atom. The third-order valence-electron chi connectivity index (χ3n) is 5.11. The summed E-state index contributed by atoms with van der Waals surface area (Å²) in [5.41, 5.74) is 3.75. The monoisotopic (exact) mass is 429 g/mol. The molecular weight excluding hydrogens is 406 g/mol. The molecule has 0 saturated carbocycles. The molecule has 158 valence electrons. The zero-order valence-corrected chi connectivity index (χ0v) is 17.4. The Morgan fingerprint density at radius 2 is 1.73 bits per heavy atom. The van der Waals surface area contributed by atoms with Gasteiger partial charge in [0.25, 0.3) is 5.91 Å². The normalized spacial score (nSPS) is 19.5. The Labute approximate surface area is 175 Å². The molecule has 2 aliphatic rings. The number of amides is 1. The van der Waals surface area contributed by atoms with Gasteiger partial charge < -0.3 is 9.47 Å². The first-order valence-electron chi connectivity index (χ1n) is 9.78. The van der Waals surface area contributed by atoms with E-state index in [1.165, 1.54) is 4.31 Å². The first-order chi connectivity index (χ1) is 14.4. The molecule has 8 nitrogen and oxygen atoms in total. The van der Waals surface area contributed by atoms with Gasteiger partial charge in [-0.25, -0.2) is 13.8 Å². The van der Waals surface area contributed by atoms with E-state index in [1.807, 2.05) is 6.07 Å². The molecule has 0 bridgehead atoms. The van der Waals surface area contributed by atoms with Gasteiger partial charge in [-0.15, -0.1) is 0 Å². The Bertz CT molecular complexity index is 1060. The first kappa shape index (κ1) is 20.4. The zero-order valence-electron chi connectivity index (χ0n) is 16.6. The van der Waals surface area contributed by atoms with E-state index >= 15 is 0 Å². The molecule has 0 spiro atoms. The van der Waals surface area contributed by atoms with Crippen LogP contribution >= 0.6 is 0 Å². The van der Waals surface area contributed by atoms with E-state index in [0.717, 1.165) is 12.8 Å². The van der Waals surface area contributed by atoms with Crippen LogP contribution in [0.4, 0.5) is 0 Å². The van der Waals surface area contributed by atoms with E-state index in [-0.39, 0.29) is 11.5 Å². The molecule has 0 radical (unpaired) electrons. The molecule has 2 aliphatic heterocycles. The largest absolute Gasteiger partial charge is 0.485 e. The Hall–Kier alpha value is -2.91. The maximum atomic E-state index is 12.6. The van der Waals surface area contributed by atoms with Crippen LogP contribution in [-0.2, 0) is 14.8 Å². The number of hydrogen-bond donors (Lipinski definition) is 1. The predicted molar refractivity (Wildman–Crippen MR) is 111 cm³/mol. The molecule has 1 fully saturated rings. The van der Waals surface area contributed by atoms with Gasteiger partial charge in [-0.3, -0.25) is 4.79 Å². The van der Waals surface area contributed by atoms with E-state index in [1.54, 1.807) is 49.4 Å². The van der Waals surface area contributed by atoms with Gasteiger partial charge in [0.1, 0.15) is 6.61 Å². The number of sulfonamides is 1. The highest BCUT2D eigenvalue weighted by atomic mass is 32.2. The summed E-state index contributed by atoms with van der Waals surface area (Å²) in [5, 5.41) is 4.12. The van der Waals surface area contributed by atoms with Crippen molar-refractivity contribution < 1.29 is 22.7 Å². The molecule has 9 heteroatoms. The van der Waals surface area contributed by atoms with E-state index in [0.29, 0.717) is 35.9 Å². The van der Waals surface area contributed by atoms with Crippen LogP contribution in [0, 0.1) is 0 Å². The quantitative estimate of drug-likeness (QED) is 0.580. The summed E-state index contributed by atoms with van der Waals surface area (Å²) in [5.74, 6) is 0.696. The van der Waals surface area contributed by atoms with Gasteiger partial charge in [-0.1, -0.05) is 24.3 Å². The summed E-state index contributed by atoms with van der Waals surface area (Å²) in [6.07, 6.45) is 0.984. The molecular formula is C21H23N3O5S. The van der Waals surface area contributed by atoms with Crippen molar-refractivity contribution in [3.63, 3.8) is 0 Å². The number of nitrogens with one attached hydrogen (secondary N) is 1. The van der Waals surface area contributed by atoms with Gasteiger partial charge in [0, 0.05) is 13.1 Å². The second-order valence-electron chi connectivity index (χ2n) is 7.17. The number of rotatable bonds is 5. The summed E-state index contributed by atoms with van der Waals surface area (Å²) >= 11 is 0. The van der Waals surface area contributed by atoms with Crippen LogP contribution in [0.2, 0.25) is 0 Å². The van der Waals surface area contributed by atoms with Gasteiger partial charge in [0.15, 0.2) is 11.5 Å². The number of nitrogens with zero attached hydrogens (tertiary/aromatic N) is 2. The molecule has 4 rings (SSSR count). The van der Waals surface area contributed by atoms with Gasteiger partial charge in [0.2, 0.25) is 16.1 Å². The SMILES string of the molecule is C/C(=N\NC(=O)C1COc2ccccc2O1)c1ccc(S(=O)(=O)N2CCCC2)cc1. The van der Waals surface area contributed by atoms with E-state index in [4.69, 9.17) is 9.47 Å². The second-order valence-corrected chi connectivity index (χ2v) is 9.11. The lowest BCUT2D eigenvalue weighted by Crippen LogP contribution is -2.42. The minimum atomic E-state index is -3.45. The average molecular weight is 429 g/mol. The van der Waals surface area contributed by atoms with Crippen LogP contribution < -0.4 is 14.9 Å². The fourth-order valence-corrected chi connectivity index (χ4v) is 4.89. The lowest BCUT2D eigenvalue weighted by atomic mass is 10.1. The predicted octanol–water partition coefficient (Wildman–Crippen LogP) is 2.15. The van der Waals surface area contributed by atoms with E-state index < -0.39 is 22.0 Å². The zero-order chi connectivity index (χ0) is 21.1. The molecule has 0 aliphatic carbocycles. The van der Waals surface area contributed by atoms with Gasteiger partial charge in [-0.05, 0) is 49.6 Å². The van der Waals surface area contributed by atoms with E-state index in [9.17, 15) is 13.2 Å². The summed E-state index contributed by atoms with van der Waals surface area (Å²) in [7, 11) is -3.45. The number of hydrazone groups is 1. The highest BCUT2D eigenvalue weighted by Gasteiger charge is 2.28. The number of carbonyl (C=O) groups excluding carboxylic acids is 1. The molecule has 30 heavy (non-hydrogen) atoms. The first-order valence-corrected chi connectivity index (χ1v) is 11.2. The Morgan fingerprint density at radius 1 is 1.07 bits per heavy atom. The highest BCUT2D eigenvalue weighted by Crippen LogP contribution is 2.30. The summed E-state index contributed by atoms with van der Waals surface area (Å²) < 4.78 is 37.9. The van der Waals surface area contributed by atoms with Gasteiger partial charge in [-0.2, -0.15) is 9.41 Å². The fraction of sp³-hybridized carbons (Fsp3) is 0.333. The standard InChI is InChI=1S/C21H23N3O5S/c1-15(16-8-10-17(11-9-16)30(26,27)24-12-4-5-13-24)22-23-21(25)20-14-28-18-6-2-3-7-19(18)29-20/h2-3,6-11,20H,4-5,12-14H2,1H3,(H,23,25)/b22-15+. The van der Waals surface area contributed by atoms with Gasteiger partial charge >= 0.3 is 0 Å². The van der Waals surface area contributed by atoms with Crippen molar-refractivity contribution in [2.75, 3.05) is 19.7 Å².